The molecule has 0 aliphatic carbocycles. The smallest absolute Gasteiger partial charge is 0.254 e. The molecule has 0 spiro atoms. The lowest BCUT2D eigenvalue weighted by molar-refractivity contribution is 0.295. The maximum atomic E-state index is 6.03. The van der Waals surface area contributed by atoms with Crippen molar-refractivity contribution < 1.29 is 0 Å². The number of aliphatic imine (C=N–C) groups is 1. The van der Waals surface area contributed by atoms with Crippen LogP contribution in [0.4, 0.5) is 17.5 Å². The van der Waals surface area contributed by atoms with Crippen molar-refractivity contribution in [2.75, 3.05) is 30.3 Å². The molecule has 30 heavy (non-hydrogen) atoms. The molecular weight excluding hydrogens is 421 g/mol. The third kappa shape index (κ3) is 7.97. The van der Waals surface area contributed by atoms with Crippen LogP contribution in [0.15, 0.2) is 29.3 Å². The molecule has 2 rings (SSSR count). The largest absolute Gasteiger partial charge is 0.369 e. The van der Waals surface area contributed by atoms with Crippen molar-refractivity contribution in [3.8, 4) is 0 Å². The summed E-state index contributed by atoms with van der Waals surface area (Å²) < 4.78 is 0. The number of guanidine groups is 1. The number of aromatic nitrogens is 2. The SMILES string of the molecule is CCN(CC)CCC[C@@H](C)Nc1cc(C)nc(N=C(N)Nc2ccc(Cl)c(Cl)c2)n1. The number of anilines is 2. The van der Waals surface area contributed by atoms with Gasteiger partial charge in [-0.05, 0) is 64.5 Å². The molecule has 0 unspecified atom stereocenters. The molecule has 0 fully saturated rings. The first-order valence-corrected chi connectivity index (χ1v) is 11.0. The van der Waals surface area contributed by atoms with E-state index in [9.17, 15) is 0 Å². The second-order valence-corrected chi connectivity index (χ2v) is 7.97. The van der Waals surface area contributed by atoms with Gasteiger partial charge in [0.25, 0.3) is 5.95 Å². The molecule has 0 aliphatic heterocycles. The summed E-state index contributed by atoms with van der Waals surface area (Å²) in [6.45, 7) is 11.7. The minimum Gasteiger partial charge on any atom is -0.369 e. The van der Waals surface area contributed by atoms with E-state index in [4.69, 9.17) is 28.9 Å². The average molecular weight is 452 g/mol. The summed E-state index contributed by atoms with van der Waals surface area (Å²) in [5, 5.41) is 7.31. The van der Waals surface area contributed by atoms with Crippen molar-refractivity contribution in [2.24, 2.45) is 10.7 Å². The summed E-state index contributed by atoms with van der Waals surface area (Å²) in [6, 6.07) is 7.32. The third-order valence-electron chi connectivity index (χ3n) is 4.66. The molecule has 7 nitrogen and oxygen atoms in total. The van der Waals surface area contributed by atoms with Gasteiger partial charge in [0.15, 0.2) is 0 Å². The van der Waals surface area contributed by atoms with Gasteiger partial charge in [-0.25, -0.2) is 4.98 Å². The zero-order valence-corrected chi connectivity index (χ0v) is 19.6. The summed E-state index contributed by atoms with van der Waals surface area (Å²) in [6.07, 6.45) is 2.19. The molecule has 0 saturated carbocycles. The maximum absolute atomic E-state index is 6.03. The average Bonchev–Trinajstić information content (AvgIpc) is 2.67. The molecule has 1 aromatic heterocycles. The molecule has 0 amide bonds. The van der Waals surface area contributed by atoms with Crippen molar-refractivity contribution in [1.29, 1.82) is 0 Å². The summed E-state index contributed by atoms with van der Waals surface area (Å²) in [5.74, 6) is 1.19. The fourth-order valence-electron chi connectivity index (χ4n) is 3.02. The van der Waals surface area contributed by atoms with Crippen molar-refractivity contribution in [3.63, 3.8) is 0 Å². The number of benzene rings is 1. The van der Waals surface area contributed by atoms with Gasteiger partial charge in [0.1, 0.15) is 5.82 Å². The quantitative estimate of drug-likeness (QED) is 0.344. The fourth-order valence-corrected chi connectivity index (χ4v) is 3.32. The first-order chi connectivity index (χ1) is 14.3. The highest BCUT2D eigenvalue weighted by Crippen LogP contribution is 2.25. The van der Waals surface area contributed by atoms with Gasteiger partial charge in [0, 0.05) is 23.5 Å². The van der Waals surface area contributed by atoms with E-state index in [1.54, 1.807) is 18.2 Å². The number of nitrogens with one attached hydrogen (secondary N) is 2. The number of halogens is 2. The van der Waals surface area contributed by atoms with Crippen LogP contribution in [0.2, 0.25) is 10.0 Å². The third-order valence-corrected chi connectivity index (χ3v) is 5.39. The number of aryl methyl sites for hydroxylation is 1. The van der Waals surface area contributed by atoms with E-state index < -0.39 is 0 Å². The molecule has 0 saturated heterocycles. The predicted molar refractivity (Wildman–Crippen MR) is 128 cm³/mol. The highest BCUT2D eigenvalue weighted by Gasteiger charge is 2.08. The Morgan fingerprint density at radius 1 is 1.17 bits per heavy atom. The Morgan fingerprint density at radius 2 is 1.90 bits per heavy atom. The molecule has 2 aromatic rings. The summed E-state index contributed by atoms with van der Waals surface area (Å²) in [7, 11) is 0. The number of rotatable bonds is 10. The van der Waals surface area contributed by atoms with Gasteiger partial charge in [0.05, 0.1) is 10.0 Å². The minimum absolute atomic E-state index is 0.164. The van der Waals surface area contributed by atoms with E-state index in [-0.39, 0.29) is 11.9 Å². The molecule has 1 atom stereocenters. The van der Waals surface area contributed by atoms with Crippen LogP contribution >= 0.6 is 23.2 Å². The molecule has 0 aliphatic rings. The fraction of sp³-hybridized carbons (Fsp3) is 0.476. The monoisotopic (exact) mass is 451 g/mol. The Morgan fingerprint density at radius 3 is 2.57 bits per heavy atom. The molecular formula is C21H31Cl2N7. The van der Waals surface area contributed by atoms with Crippen LogP contribution in [0.25, 0.3) is 0 Å². The second kappa shape index (κ2) is 11.9. The topological polar surface area (TPSA) is 91.5 Å². The standard InChI is InChI=1S/C21H31Cl2N7/c1-5-30(6-2)11-7-8-14(3)25-19-12-15(4)26-21(28-19)29-20(24)27-16-9-10-17(22)18(23)13-16/h9-10,12-14H,5-8,11H2,1-4H3,(H4,24,25,26,27,28,29)/t14-/m1/s1. The van der Waals surface area contributed by atoms with Crippen LogP contribution in [0.5, 0.6) is 0 Å². The lowest BCUT2D eigenvalue weighted by Crippen LogP contribution is -2.25. The van der Waals surface area contributed by atoms with E-state index in [1.807, 2.05) is 13.0 Å². The predicted octanol–water partition coefficient (Wildman–Crippen LogP) is 5.07. The molecule has 1 heterocycles. The first-order valence-electron chi connectivity index (χ1n) is 10.2. The van der Waals surface area contributed by atoms with Crippen LogP contribution < -0.4 is 16.4 Å². The Hall–Kier alpha value is -2.09. The van der Waals surface area contributed by atoms with Crippen molar-refractivity contribution in [3.05, 3.63) is 40.0 Å². The number of hydrogen-bond donors (Lipinski definition) is 3. The second-order valence-electron chi connectivity index (χ2n) is 7.16. The first kappa shape index (κ1) is 24.2. The Kier molecular flexibility index (Phi) is 9.62. The van der Waals surface area contributed by atoms with Crippen LogP contribution in [-0.4, -0.2) is 46.5 Å². The molecule has 0 radical (unpaired) electrons. The van der Waals surface area contributed by atoms with Crippen molar-refractivity contribution in [1.82, 2.24) is 14.9 Å². The van der Waals surface area contributed by atoms with Gasteiger partial charge in [-0.15, -0.1) is 0 Å². The normalized spacial score (nSPS) is 12.8. The summed E-state index contributed by atoms with van der Waals surface area (Å²) in [4.78, 5) is 15.5. The van der Waals surface area contributed by atoms with Gasteiger partial charge in [-0.2, -0.15) is 9.98 Å². The van der Waals surface area contributed by atoms with Gasteiger partial charge in [0.2, 0.25) is 5.96 Å². The van der Waals surface area contributed by atoms with E-state index >= 15 is 0 Å². The van der Waals surface area contributed by atoms with E-state index in [2.05, 4.69) is 51.3 Å². The highest BCUT2D eigenvalue weighted by atomic mass is 35.5. The van der Waals surface area contributed by atoms with Crippen LogP contribution in [0.3, 0.4) is 0 Å². The minimum atomic E-state index is 0.164. The molecule has 4 N–H and O–H groups in total. The number of hydrogen-bond acceptors (Lipinski definition) is 5. The maximum Gasteiger partial charge on any atom is 0.254 e. The van der Waals surface area contributed by atoms with Gasteiger partial charge >= 0.3 is 0 Å². The molecule has 0 bridgehead atoms. The Labute approximate surface area is 189 Å². The van der Waals surface area contributed by atoms with E-state index in [0.29, 0.717) is 21.8 Å². The van der Waals surface area contributed by atoms with E-state index in [0.717, 1.165) is 44.0 Å². The number of nitrogens with two attached hydrogens (primary N) is 1. The molecule has 1 aromatic carbocycles. The highest BCUT2D eigenvalue weighted by molar-refractivity contribution is 6.42. The Balaban J connectivity index is 1.99. The van der Waals surface area contributed by atoms with Crippen LogP contribution in [0.1, 0.15) is 39.3 Å². The number of nitrogens with zero attached hydrogens (tertiary/aromatic N) is 4. The molecule has 164 valence electrons. The summed E-state index contributed by atoms with van der Waals surface area (Å²) >= 11 is 12.0. The zero-order chi connectivity index (χ0) is 22.1. The molecule has 9 heteroatoms. The van der Waals surface area contributed by atoms with Gasteiger partial charge < -0.3 is 21.3 Å². The zero-order valence-electron chi connectivity index (χ0n) is 18.0. The van der Waals surface area contributed by atoms with Crippen molar-refractivity contribution in [2.45, 2.75) is 46.6 Å². The lowest BCUT2D eigenvalue weighted by atomic mass is 10.1. The van der Waals surface area contributed by atoms with Gasteiger partial charge in [-0.1, -0.05) is 37.0 Å². The van der Waals surface area contributed by atoms with Crippen molar-refractivity contribution >= 4 is 46.6 Å². The van der Waals surface area contributed by atoms with Crippen LogP contribution in [0, 0.1) is 6.92 Å². The lowest BCUT2D eigenvalue weighted by Gasteiger charge is -2.20. The van der Waals surface area contributed by atoms with Crippen LogP contribution in [-0.2, 0) is 0 Å². The Bertz CT molecular complexity index is 853. The van der Waals surface area contributed by atoms with Gasteiger partial charge in [-0.3, -0.25) is 0 Å². The summed E-state index contributed by atoms with van der Waals surface area (Å²) in [5.41, 5.74) is 7.49. The van der Waals surface area contributed by atoms with E-state index in [1.165, 1.54) is 0 Å².